The summed E-state index contributed by atoms with van der Waals surface area (Å²) in [5.41, 5.74) is 3.04. The van der Waals surface area contributed by atoms with Crippen molar-refractivity contribution < 1.29 is 23.5 Å². The predicted molar refractivity (Wildman–Crippen MR) is 173 cm³/mol. The van der Waals surface area contributed by atoms with Crippen LogP contribution in [0.4, 0.5) is 0 Å². The van der Waals surface area contributed by atoms with Crippen molar-refractivity contribution in [2.24, 2.45) is 0 Å². The fraction of sp³-hybridized carbons (Fsp3) is 0.189. The molecule has 0 saturated heterocycles. The normalized spacial score (nSPS) is 13.8. The molecule has 0 aliphatic heterocycles. The SMILES string of the molecule is COc1cccc(OC)c1C(c1ccccc1)P(=O)(Cc1ccccc1)C(c1ccccc1)c1c(OC)cccc1OC. The van der Waals surface area contributed by atoms with Crippen LogP contribution in [0.25, 0.3) is 0 Å². The maximum atomic E-state index is 16.8. The van der Waals surface area contributed by atoms with Crippen LogP contribution in [-0.2, 0) is 10.7 Å². The van der Waals surface area contributed by atoms with E-state index in [1.807, 2.05) is 127 Å². The molecule has 2 unspecified atom stereocenters. The lowest BCUT2D eigenvalue weighted by Crippen LogP contribution is -2.16. The van der Waals surface area contributed by atoms with E-state index >= 15 is 4.57 Å². The molecule has 0 saturated carbocycles. The first-order valence-electron chi connectivity index (χ1n) is 14.2. The topological polar surface area (TPSA) is 54.0 Å². The molecule has 5 rings (SSSR count). The summed E-state index contributed by atoms with van der Waals surface area (Å²) in [4.78, 5) is 0. The van der Waals surface area contributed by atoms with Crippen LogP contribution in [0.2, 0.25) is 0 Å². The molecule has 6 heteroatoms. The number of hydrogen-bond acceptors (Lipinski definition) is 5. The van der Waals surface area contributed by atoms with Gasteiger partial charge in [-0.05, 0) is 41.0 Å². The molecule has 5 nitrogen and oxygen atoms in total. The zero-order valence-electron chi connectivity index (χ0n) is 25.0. The van der Waals surface area contributed by atoms with Crippen molar-refractivity contribution in [1.29, 1.82) is 0 Å². The fourth-order valence-corrected chi connectivity index (χ4v) is 10.2. The zero-order valence-corrected chi connectivity index (χ0v) is 25.9. The summed E-state index contributed by atoms with van der Waals surface area (Å²) in [5.74, 6) is 2.45. The summed E-state index contributed by atoms with van der Waals surface area (Å²) in [6, 6.07) is 41.5. The first-order chi connectivity index (χ1) is 21.0. The molecule has 0 bridgehead atoms. The Morgan fingerprint density at radius 3 is 1.12 bits per heavy atom. The average molecular weight is 593 g/mol. The lowest BCUT2D eigenvalue weighted by atomic mass is 10.0. The van der Waals surface area contributed by atoms with Crippen molar-refractivity contribution in [3.63, 3.8) is 0 Å². The van der Waals surface area contributed by atoms with Crippen LogP contribution in [0.1, 0.15) is 39.1 Å². The second-order valence-electron chi connectivity index (χ2n) is 10.3. The molecular weight excluding hydrogens is 555 g/mol. The van der Waals surface area contributed by atoms with Crippen molar-refractivity contribution >= 4 is 7.14 Å². The zero-order chi connectivity index (χ0) is 30.2. The number of hydrogen-bond donors (Lipinski definition) is 0. The van der Waals surface area contributed by atoms with Gasteiger partial charge in [-0.2, -0.15) is 0 Å². The molecule has 0 aromatic heterocycles. The van der Waals surface area contributed by atoms with Crippen LogP contribution in [0.5, 0.6) is 23.0 Å². The summed E-state index contributed by atoms with van der Waals surface area (Å²) in [6.45, 7) is 0. The standard InChI is InChI=1S/C37H37O5P/c1-39-30-22-14-23-31(40-2)34(30)36(28-18-10-6-11-19-28)43(38,26-27-16-8-5-9-17-27)37(29-20-12-7-13-21-29)35-32(41-3)24-15-25-33(35)42-4/h5-25,36-37H,26H2,1-4H3. The van der Waals surface area contributed by atoms with Crippen molar-refractivity contribution in [2.75, 3.05) is 28.4 Å². The monoisotopic (exact) mass is 592 g/mol. The van der Waals surface area contributed by atoms with Gasteiger partial charge in [-0.15, -0.1) is 0 Å². The molecule has 0 radical (unpaired) electrons. The van der Waals surface area contributed by atoms with Crippen LogP contribution >= 0.6 is 7.14 Å². The maximum absolute atomic E-state index is 16.8. The Morgan fingerprint density at radius 1 is 0.465 bits per heavy atom. The second-order valence-corrected chi connectivity index (χ2v) is 13.3. The highest BCUT2D eigenvalue weighted by molar-refractivity contribution is 7.64. The van der Waals surface area contributed by atoms with E-state index in [0.29, 0.717) is 29.2 Å². The minimum Gasteiger partial charge on any atom is -0.496 e. The van der Waals surface area contributed by atoms with E-state index < -0.39 is 18.5 Å². The van der Waals surface area contributed by atoms with Crippen molar-refractivity contribution in [3.05, 3.63) is 155 Å². The van der Waals surface area contributed by atoms with Crippen LogP contribution in [-0.4, -0.2) is 28.4 Å². The van der Waals surface area contributed by atoms with Gasteiger partial charge in [0.15, 0.2) is 0 Å². The summed E-state index contributed by atoms with van der Waals surface area (Å²) >= 11 is 0. The smallest absolute Gasteiger partial charge is 0.126 e. The van der Waals surface area contributed by atoms with E-state index in [4.69, 9.17) is 18.9 Å². The van der Waals surface area contributed by atoms with Gasteiger partial charge in [0.05, 0.1) is 50.9 Å². The molecule has 0 aliphatic rings. The molecule has 0 N–H and O–H groups in total. The van der Waals surface area contributed by atoms with E-state index in [1.54, 1.807) is 28.4 Å². The van der Waals surface area contributed by atoms with Crippen molar-refractivity contribution in [3.8, 4) is 23.0 Å². The second kappa shape index (κ2) is 13.7. The average Bonchev–Trinajstić information content (AvgIpc) is 3.06. The van der Waals surface area contributed by atoms with E-state index in [0.717, 1.165) is 27.8 Å². The lowest BCUT2D eigenvalue weighted by molar-refractivity contribution is 0.383. The van der Waals surface area contributed by atoms with Gasteiger partial charge in [0.25, 0.3) is 0 Å². The highest BCUT2D eigenvalue weighted by atomic mass is 31.2. The Labute approximate surface area is 254 Å². The van der Waals surface area contributed by atoms with Crippen molar-refractivity contribution in [2.45, 2.75) is 17.5 Å². The molecule has 0 aliphatic carbocycles. The minimum absolute atomic E-state index is 0.301. The van der Waals surface area contributed by atoms with Gasteiger partial charge < -0.3 is 23.5 Å². The molecule has 0 heterocycles. The Kier molecular flexibility index (Phi) is 9.54. The van der Waals surface area contributed by atoms with E-state index in [2.05, 4.69) is 0 Å². The van der Waals surface area contributed by atoms with Gasteiger partial charge in [-0.1, -0.05) is 103 Å². The Balaban J connectivity index is 1.95. The van der Waals surface area contributed by atoms with Gasteiger partial charge in [-0.25, -0.2) is 0 Å². The van der Waals surface area contributed by atoms with Crippen molar-refractivity contribution in [1.82, 2.24) is 0 Å². The van der Waals surface area contributed by atoms with Crippen LogP contribution in [0.3, 0.4) is 0 Å². The molecule has 0 fully saturated rings. The van der Waals surface area contributed by atoms with E-state index in [9.17, 15) is 0 Å². The third-order valence-corrected chi connectivity index (χ3v) is 11.6. The highest BCUT2D eigenvalue weighted by Crippen LogP contribution is 2.76. The number of ether oxygens (including phenoxy) is 4. The molecule has 0 spiro atoms. The minimum atomic E-state index is -3.53. The summed E-state index contributed by atoms with van der Waals surface area (Å²) in [7, 11) is 3.03. The van der Waals surface area contributed by atoms with Gasteiger partial charge in [0.1, 0.15) is 30.1 Å². The van der Waals surface area contributed by atoms with Crippen LogP contribution in [0.15, 0.2) is 127 Å². The molecule has 2 atom stereocenters. The predicted octanol–water partition coefficient (Wildman–Crippen LogP) is 9.16. The molecule has 5 aromatic carbocycles. The van der Waals surface area contributed by atoms with Gasteiger partial charge >= 0.3 is 0 Å². The molecule has 0 amide bonds. The van der Waals surface area contributed by atoms with Gasteiger partial charge in [0.2, 0.25) is 0 Å². The third-order valence-electron chi connectivity index (χ3n) is 7.86. The fourth-order valence-electron chi connectivity index (χ4n) is 6.04. The third kappa shape index (κ3) is 6.04. The summed E-state index contributed by atoms with van der Waals surface area (Å²) in [6.07, 6.45) is 0.301. The number of rotatable bonds is 12. The largest absolute Gasteiger partial charge is 0.496 e. The summed E-state index contributed by atoms with van der Waals surface area (Å²) < 4.78 is 40.7. The molecular formula is C37H37O5P. The molecule has 5 aromatic rings. The first kappa shape index (κ1) is 30.0. The van der Waals surface area contributed by atoms with Gasteiger partial charge in [0, 0.05) is 6.16 Å². The Hall–Kier alpha value is -4.47. The van der Waals surface area contributed by atoms with E-state index in [-0.39, 0.29) is 0 Å². The van der Waals surface area contributed by atoms with Gasteiger partial charge in [-0.3, -0.25) is 0 Å². The number of benzene rings is 5. The Bertz CT molecular complexity index is 1520. The quantitative estimate of drug-likeness (QED) is 0.135. The Morgan fingerprint density at radius 2 is 0.791 bits per heavy atom. The number of methoxy groups -OCH3 is 4. The molecule has 220 valence electrons. The molecule has 43 heavy (non-hydrogen) atoms. The summed E-state index contributed by atoms with van der Waals surface area (Å²) in [5, 5.41) is 0. The first-order valence-corrected chi connectivity index (χ1v) is 16.2. The van der Waals surface area contributed by atoms with E-state index in [1.165, 1.54) is 0 Å². The van der Waals surface area contributed by atoms with Crippen LogP contribution in [0, 0.1) is 0 Å². The van der Waals surface area contributed by atoms with Crippen LogP contribution < -0.4 is 18.9 Å². The highest BCUT2D eigenvalue weighted by Gasteiger charge is 2.48. The lowest BCUT2D eigenvalue weighted by Gasteiger charge is -2.38. The maximum Gasteiger partial charge on any atom is 0.126 e.